The molecule has 0 amide bonds. The van der Waals surface area contributed by atoms with Gasteiger partial charge >= 0.3 is 12.4 Å². The molecule has 1 N–H and O–H groups in total. The van der Waals surface area contributed by atoms with Crippen LogP contribution in [0, 0.1) is 0 Å². The van der Waals surface area contributed by atoms with Crippen LogP contribution >= 0.6 is 31.9 Å². The van der Waals surface area contributed by atoms with E-state index in [9.17, 15) is 26.3 Å². The predicted octanol–water partition coefficient (Wildman–Crippen LogP) is 7.72. The molecule has 0 aliphatic rings. The van der Waals surface area contributed by atoms with Gasteiger partial charge in [-0.3, -0.25) is 0 Å². The molecule has 37 heavy (non-hydrogen) atoms. The number of nitrogens with zero attached hydrogens (tertiary/aromatic N) is 5. The average molecular weight is 650 g/mol. The van der Waals surface area contributed by atoms with Crippen molar-refractivity contribution in [2.24, 2.45) is 0 Å². The second-order valence-electron chi connectivity index (χ2n) is 7.09. The van der Waals surface area contributed by atoms with E-state index in [0.29, 0.717) is 20.3 Å². The summed E-state index contributed by atoms with van der Waals surface area (Å²) in [7, 11) is 0. The Kier molecular flexibility index (Phi) is 9.32. The Morgan fingerprint density at radius 1 is 0.622 bits per heavy atom. The molecule has 0 bridgehead atoms. The summed E-state index contributed by atoms with van der Waals surface area (Å²) in [5, 5.41) is 0. The largest absolute Gasteiger partial charge is 0.416 e. The van der Waals surface area contributed by atoms with Crippen molar-refractivity contribution in [1.29, 1.82) is 0 Å². The number of imidazole rings is 3. The van der Waals surface area contributed by atoms with Gasteiger partial charge < -0.3 is 14.1 Å². The van der Waals surface area contributed by atoms with Crippen molar-refractivity contribution in [2.45, 2.75) is 12.4 Å². The number of halogens is 8. The molecule has 5 aromatic rings. The Morgan fingerprint density at radius 2 is 1.11 bits per heavy atom. The number of rotatable bonds is 2. The molecule has 0 radical (unpaired) electrons. The van der Waals surface area contributed by atoms with Crippen LogP contribution in [0.1, 0.15) is 11.1 Å². The van der Waals surface area contributed by atoms with Crippen LogP contribution in [0.15, 0.2) is 102 Å². The van der Waals surface area contributed by atoms with Gasteiger partial charge in [-0.05, 0) is 36.4 Å². The topological polar surface area (TPSA) is 64.3 Å². The average Bonchev–Trinajstić information content (AvgIpc) is 3.62. The van der Waals surface area contributed by atoms with Crippen LogP contribution in [0.4, 0.5) is 26.3 Å². The van der Waals surface area contributed by atoms with Crippen LogP contribution in [0.2, 0.25) is 0 Å². The molecule has 2 aromatic carbocycles. The first-order chi connectivity index (χ1) is 17.4. The van der Waals surface area contributed by atoms with E-state index in [1.54, 1.807) is 43.2 Å². The maximum Gasteiger partial charge on any atom is 0.416 e. The maximum absolute atomic E-state index is 13.0. The van der Waals surface area contributed by atoms with E-state index in [1.165, 1.54) is 34.2 Å². The number of aromatic amines is 1. The Balaban J connectivity index is 0.000000188. The first-order valence-electron chi connectivity index (χ1n) is 10.1. The lowest BCUT2D eigenvalue weighted by atomic mass is 10.1. The van der Waals surface area contributed by atoms with Gasteiger partial charge in [0.25, 0.3) is 0 Å². The highest BCUT2D eigenvalue weighted by molar-refractivity contribution is 9.11. The minimum Gasteiger partial charge on any atom is -0.351 e. The number of benzene rings is 2. The zero-order chi connectivity index (χ0) is 27.1. The molecule has 3 heterocycles. The molecule has 0 aliphatic heterocycles. The minimum atomic E-state index is -4.41. The fraction of sp³-hybridized carbons (Fsp3) is 0.0870. The van der Waals surface area contributed by atoms with Crippen LogP contribution in [-0.4, -0.2) is 29.1 Å². The molecule has 5 rings (SSSR count). The number of alkyl halides is 6. The third-order valence-corrected chi connectivity index (χ3v) is 5.35. The summed E-state index contributed by atoms with van der Waals surface area (Å²) in [6.07, 6.45) is 5.49. The maximum atomic E-state index is 13.0. The molecule has 194 valence electrons. The van der Waals surface area contributed by atoms with Gasteiger partial charge in [0.2, 0.25) is 0 Å². The van der Waals surface area contributed by atoms with E-state index < -0.39 is 23.5 Å². The molecule has 14 heteroatoms. The van der Waals surface area contributed by atoms with Crippen molar-refractivity contribution >= 4 is 31.9 Å². The second-order valence-corrected chi connectivity index (χ2v) is 8.92. The lowest BCUT2D eigenvalue weighted by Gasteiger charge is -2.13. The van der Waals surface area contributed by atoms with E-state index >= 15 is 0 Å². The molecular formula is C23H16Br2F6N6. The van der Waals surface area contributed by atoms with E-state index in [0.717, 1.165) is 24.3 Å². The van der Waals surface area contributed by atoms with Gasteiger partial charge in [-0.15, -0.1) is 0 Å². The summed E-state index contributed by atoms with van der Waals surface area (Å²) >= 11 is 5.95. The summed E-state index contributed by atoms with van der Waals surface area (Å²) in [6, 6.07) is 7.42. The van der Waals surface area contributed by atoms with Gasteiger partial charge in [-0.1, -0.05) is 31.9 Å². The standard InChI is InChI=1S/C13H9F3N4.C7H3Br2F3.C3H4N2/c14-13(15,16)10-5-11(19-3-1-17-8-19)7-12(6-10)20-4-2-18-9-20;8-5-1-4(7(10,11)12)2-6(9)3-5;1-2-5-3-4-1/h1-9H;1-3H;1-3H,(H,4,5). The number of aromatic nitrogens is 6. The van der Waals surface area contributed by atoms with Gasteiger partial charge in [-0.2, -0.15) is 26.3 Å². The van der Waals surface area contributed by atoms with Crippen LogP contribution < -0.4 is 0 Å². The minimum absolute atomic E-state index is 0.390. The van der Waals surface area contributed by atoms with Crippen molar-refractivity contribution in [3.8, 4) is 11.4 Å². The van der Waals surface area contributed by atoms with Crippen molar-refractivity contribution in [3.05, 3.63) is 113 Å². The van der Waals surface area contributed by atoms with E-state index in [-0.39, 0.29) is 0 Å². The molecular weight excluding hydrogens is 634 g/mol. The van der Waals surface area contributed by atoms with E-state index in [2.05, 4.69) is 51.8 Å². The number of hydrogen-bond acceptors (Lipinski definition) is 3. The van der Waals surface area contributed by atoms with E-state index in [4.69, 9.17) is 0 Å². The molecule has 0 atom stereocenters. The SMILES string of the molecule is FC(F)(F)c1cc(-n2ccnc2)cc(-n2ccnc2)c1.FC(F)(F)c1cc(Br)cc(Br)c1.c1c[nH]cn1. The van der Waals surface area contributed by atoms with Crippen molar-refractivity contribution in [2.75, 3.05) is 0 Å². The Hall–Kier alpha value is -3.39. The van der Waals surface area contributed by atoms with Gasteiger partial charge in [-0.25, -0.2) is 15.0 Å². The third kappa shape index (κ3) is 8.60. The number of H-pyrrole nitrogens is 1. The Bertz CT molecular complexity index is 1280. The molecule has 0 saturated carbocycles. The van der Waals surface area contributed by atoms with Crippen LogP contribution in [0.25, 0.3) is 11.4 Å². The molecule has 0 spiro atoms. The smallest absolute Gasteiger partial charge is 0.351 e. The number of nitrogens with one attached hydrogen (secondary N) is 1. The summed E-state index contributed by atoms with van der Waals surface area (Å²) < 4.78 is 79.1. The summed E-state index contributed by atoms with van der Waals surface area (Å²) in [5.41, 5.74) is -0.599. The van der Waals surface area contributed by atoms with Crippen molar-refractivity contribution in [1.82, 2.24) is 29.1 Å². The Morgan fingerprint density at radius 3 is 1.43 bits per heavy atom. The van der Waals surface area contributed by atoms with Crippen LogP contribution in [0.5, 0.6) is 0 Å². The van der Waals surface area contributed by atoms with Gasteiger partial charge in [0, 0.05) is 57.5 Å². The number of hydrogen-bond donors (Lipinski definition) is 1. The zero-order valence-electron chi connectivity index (χ0n) is 18.4. The molecule has 0 fully saturated rings. The fourth-order valence-corrected chi connectivity index (χ4v) is 4.11. The van der Waals surface area contributed by atoms with Gasteiger partial charge in [0.1, 0.15) is 0 Å². The molecule has 0 unspecified atom stereocenters. The van der Waals surface area contributed by atoms with Crippen molar-refractivity contribution in [3.63, 3.8) is 0 Å². The highest BCUT2D eigenvalue weighted by atomic mass is 79.9. The van der Waals surface area contributed by atoms with Crippen LogP contribution in [0.3, 0.4) is 0 Å². The summed E-state index contributed by atoms with van der Waals surface area (Å²) in [5.74, 6) is 0. The fourth-order valence-electron chi connectivity index (χ4n) is 2.81. The molecule has 3 aromatic heterocycles. The third-order valence-electron chi connectivity index (χ3n) is 4.43. The first-order valence-corrected chi connectivity index (χ1v) is 11.7. The lowest BCUT2D eigenvalue weighted by molar-refractivity contribution is -0.138. The quantitative estimate of drug-likeness (QED) is 0.199. The molecule has 6 nitrogen and oxygen atoms in total. The molecule has 0 saturated heterocycles. The van der Waals surface area contributed by atoms with E-state index in [1.807, 2.05) is 0 Å². The van der Waals surface area contributed by atoms with Gasteiger partial charge in [0.05, 0.1) is 30.1 Å². The first kappa shape index (κ1) is 28.2. The summed E-state index contributed by atoms with van der Waals surface area (Å²) in [6.45, 7) is 0. The zero-order valence-corrected chi connectivity index (χ0v) is 21.6. The highest BCUT2D eigenvalue weighted by Crippen LogP contribution is 2.34. The Labute approximate surface area is 223 Å². The normalized spacial score (nSPS) is 11.2. The summed E-state index contributed by atoms with van der Waals surface area (Å²) in [4.78, 5) is 14.1. The highest BCUT2D eigenvalue weighted by Gasteiger charge is 2.32. The van der Waals surface area contributed by atoms with Crippen molar-refractivity contribution < 1.29 is 26.3 Å². The van der Waals surface area contributed by atoms with Gasteiger partial charge in [0.15, 0.2) is 0 Å². The lowest BCUT2D eigenvalue weighted by Crippen LogP contribution is -2.08. The monoisotopic (exact) mass is 648 g/mol. The second kappa shape index (κ2) is 12.2. The predicted molar refractivity (Wildman–Crippen MR) is 131 cm³/mol. The molecule has 0 aliphatic carbocycles. The van der Waals surface area contributed by atoms with Crippen LogP contribution in [-0.2, 0) is 12.4 Å².